The fourth-order valence-electron chi connectivity index (χ4n) is 2.17. The van der Waals surface area contributed by atoms with E-state index in [2.05, 4.69) is 42.9 Å². The Labute approximate surface area is 144 Å². The Balaban J connectivity index is 2.14. The number of anilines is 1. The minimum Gasteiger partial charge on any atom is -0.618 e. The van der Waals surface area contributed by atoms with Crippen molar-refractivity contribution in [1.29, 1.82) is 0 Å². The summed E-state index contributed by atoms with van der Waals surface area (Å²) in [5.74, 6) is 0.0336. The summed E-state index contributed by atoms with van der Waals surface area (Å²) in [6, 6.07) is 0. The van der Waals surface area contributed by atoms with Gasteiger partial charge in [-0.25, -0.2) is 4.68 Å². The number of nitrogen functional groups attached to an aromatic ring is 1. The normalized spacial score (nSPS) is 11.3. The van der Waals surface area contributed by atoms with Gasteiger partial charge in [0.25, 0.3) is 0 Å². The molecule has 0 spiro atoms. The Morgan fingerprint density at radius 1 is 1.41 bits per heavy atom. The Kier molecular flexibility index (Phi) is 3.77. The van der Waals surface area contributed by atoms with Crippen molar-refractivity contribution in [2.24, 2.45) is 0 Å². The first-order valence-corrected chi connectivity index (χ1v) is 7.74. The third-order valence-electron chi connectivity index (χ3n) is 3.32. The average Bonchev–Trinajstić information content (AvgIpc) is 2.84. The first-order chi connectivity index (χ1) is 10.4. The molecule has 10 heteroatoms. The molecule has 3 aromatic heterocycles. The number of aryl methyl sites for hydroxylation is 1. The van der Waals surface area contributed by atoms with E-state index in [1.165, 1.54) is 4.68 Å². The van der Waals surface area contributed by atoms with Crippen LogP contribution in [0.25, 0.3) is 11.2 Å². The fraction of sp³-hybridized carbons (Fsp3) is 0.250. The van der Waals surface area contributed by atoms with Gasteiger partial charge in [-0.2, -0.15) is 14.7 Å². The Morgan fingerprint density at radius 3 is 2.86 bits per heavy atom. The van der Waals surface area contributed by atoms with Crippen molar-refractivity contribution in [3.63, 3.8) is 0 Å². The van der Waals surface area contributed by atoms with Gasteiger partial charge in [0.15, 0.2) is 22.5 Å². The number of halogens is 2. The molecule has 0 aliphatic carbocycles. The van der Waals surface area contributed by atoms with Crippen molar-refractivity contribution in [2.45, 2.75) is 20.4 Å². The van der Waals surface area contributed by atoms with Gasteiger partial charge < -0.3 is 10.9 Å². The van der Waals surface area contributed by atoms with E-state index in [1.54, 1.807) is 6.20 Å². The van der Waals surface area contributed by atoms with Crippen LogP contribution in [0.2, 0.25) is 5.15 Å². The molecule has 0 bridgehead atoms. The molecule has 0 fully saturated rings. The Morgan fingerprint density at radius 2 is 2.14 bits per heavy atom. The second kappa shape index (κ2) is 5.47. The number of aromatic nitrogens is 6. The Bertz CT molecular complexity index is 895. The molecule has 22 heavy (non-hydrogen) atoms. The molecule has 0 saturated carbocycles. The summed E-state index contributed by atoms with van der Waals surface area (Å²) in [6.07, 6.45) is 1.54. The summed E-state index contributed by atoms with van der Waals surface area (Å²) in [5.41, 5.74) is 8.74. The van der Waals surface area contributed by atoms with Crippen molar-refractivity contribution in [3.8, 4) is 0 Å². The molecular formula is C12H11ClIN7O. The number of fused-ring (bicyclic) bond motifs is 1. The molecule has 0 aliphatic rings. The second-order valence-electron chi connectivity index (χ2n) is 4.82. The first-order valence-electron chi connectivity index (χ1n) is 6.28. The van der Waals surface area contributed by atoms with Gasteiger partial charge >= 0.3 is 0 Å². The minimum atomic E-state index is 0.0336. The summed E-state index contributed by atoms with van der Waals surface area (Å²) in [4.78, 5) is 7.93. The van der Waals surface area contributed by atoms with Crippen LogP contribution < -0.4 is 10.5 Å². The van der Waals surface area contributed by atoms with E-state index < -0.39 is 0 Å². The number of hydrogen-bond donors (Lipinski definition) is 1. The highest BCUT2D eigenvalue weighted by Gasteiger charge is 2.19. The third kappa shape index (κ3) is 2.43. The molecule has 0 amide bonds. The number of hydrogen-bond acceptors (Lipinski definition) is 6. The number of nitrogens with two attached hydrogens (primary N) is 1. The van der Waals surface area contributed by atoms with Crippen LogP contribution in [0.3, 0.4) is 0 Å². The van der Waals surface area contributed by atoms with Crippen LogP contribution in [0.4, 0.5) is 5.95 Å². The van der Waals surface area contributed by atoms with Crippen LogP contribution >= 0.6 is 34.2 Å². The zero-order chi connectivity index (χ0) is 16.0. The summed E-state index contributed by atoms with van der Waals surface area (Å²) in [6.45, 7) is 4.01. The SMILES string of the molecule is Cc1c[n+]([O-])c(Cn2nnc3c(Cl)nc(N)nc32)c(C)c1I. The van der Waals surface area contributed by atoms with Gasteiger partial charge in [-0.1, -0.05) is 16.8 Å². The zero-order valence-corrected chi connectivity index (χ0v) is 14.6. The van der Waals surface area contributed by atoms with Gasteiger partial charge in [-0.05, 0) is 36.4 Å². The molecule has 8 nitrogen and oxygen atoms in total. The van der Waals surface area contributed by atoms with Crippen molar-refractivity contribution in [2.75, 3.05) is 5.73 Å². The summed E-state index contributed by atoms with van der Waals surface area (Å²) in [5, 5.41) is 20.3. The van der Waals surface area contributed by atoms with Crippen molar-refractivity contribution < 1.29 is 4.73 Å². The van der Waals surface area contributed by atoms with E-state index in [9.17, 15) is 5.21 Å². The maximum absolute atomic E-state index is 12.2. The minimum absolute atomic E-state index is 0.0336. The van der Waals surface area contributed by atoms with Crippen LogP contribution in [-0.4, -0.2) is 25.0 Å². The highest BCUT2D eigenvalue weighted by molar-refractivity contribution is 14.1. The predicted octanol–water partition coefficient (Wildman–Crippen LogP) is 1.36. The topological polar surface area (TPSA) is 109 Å². The van der Waals surface area contributed by atoms with Crippen LogP contribution in [0.5, 0.6) is 0 Å². The number of nitrogens with zero attached hydrogens (tertiary/aromatic N) is 6. The molecule has 3 rings (SSSR count). The largest absolute Gasteiger partial charge is 0.618 e. The van der Waals surface area contributed by atoms with Crippen molar-refractivity contribution in [3.05, 3.63) is 36.9 Å². The van der Waals surface area contributed by atoms with Crippen molar-refractivity contribution >= 4 is 51.3 Å². The van der Waals surface area contributed by atoms with E-state index in [1.807, 2.05) is 13.8 Å². The van der Waals surface area contributed by atoms with Gasteiger partial charge in [0.1, 0.15) is 6.54 Å². The molecule has 0 aliphatic heterocycles. The van der Waals surface area contributed by atoms with Gasteiger partial charge in [0.2, 0.25) is 11.6 Å². The van der Waals surface area contributed by atoms with Crippen LogP contribution in [-0.2, 0) is 6.54 Å². The summed E-state index contributed by atoms with van der Waals surface area (Å²) in [7, 11) is 0. The van der Waals surface area contributed by atoms with E-state index in [4.69, 9.17) is 17.3 Å². The molecule has 0 radical (unpaired) electrons. The fourth-order valence-corrected chi connectivity index (χ4v) is 2.83. The molecule has 0 aromatic carbocycles. The highest BCUT2D eigenvalue weighted by atomic mass is 127. The van der Waals surface area contributed by atoms with Crippen LogP contribution in [0, 0.1) is 22.6 Å². The summed E-state index contributed by atoms with van der Waals surface area (Å²) < 4.78 is 3.37. The lowest BCUT2D eigenvalue weighted by Crippen LogP contribution is -2.35. The lowest BCUT2D eigenvalue weighted by atomic mass is 10.1. The molecule has 114 valence electrons. The van der Waals surface area contributed by atoms with Crippen LogP contribution in [0.1, 0.15) is 16.8 Å². The van der Waals surface area contributed by atoms with E-state index in [-0.39, 0.29) is 17.6 Å². The third-order valence-corrected chi connectivity index (χ3v) is 5.25. The Hall–Kier alpha value is -1.75. The van der Waals surface area contributed by atoms with E-state index in [0.717, 1.165) is 19.4 Å². The lowest BCUT2D eigenvalue weighted by molar-refractivity contribution is -0.615. The van der Waals surface area contributed by atoms with Gasteiger partial charge in [0.05, 0.1) is 0 Å². The molecule has 2 N–H and O–H groups in total. The van der Waals surface area contributed by atoms with Crippen molar-refractivity contribution in [1.82, 2.24) is 25.0 Å². The zero-order valence-electron chi connectivity index (χ0n) is 11.7. The van der Waals surface area contributed by atoms with Gasteiger partial charge in [0, 0.05) is 14.7 Å². The molecule has 3 heterocycles. The number of pyridine rings is 1. The standard InChI is InChI=1S/C12H11ClIN7O/c1-5-3-21(22)7(6(2)8(5)14)4-20-11-9(18-19-20)10(13)16-12(15)17-11/h3H,4H2,1-2H3,(H2,15,16,17). The monoisotopic (exact) mass is 431 g/mol. The highest BCUT2D eigenvalue weighted by Crippen LogP contribution is 2.21. The molecule has 0 atom stereocenters. The molecule has 0 saturated heterocycles. The van der Waals surface area contributed by atoms with Crippen LogP contribution in [0.15, 0.2) is 6.20 Å². The average molecular weight is 432 g/mol. The van der Waals surface area contributed by atoms with Gasteiger partial charge in [-0.3, -0.25) is 0 Å². The quantitative estimate of drug-likeness (QED) is 0.284. The van der Waals surface area contributed by atoms with E-state index in [0.29, 0.717) is 16.9 Å². The maximum atomic E-state index is 12.2. The number of rotatable bonds is 2. The molecular weight excluding hydrogens is 421 g/mol. The molecule has 0 unspecified atom stereocenters. The van der Waals surface area contributed by atoms with E-state index >= 15 is 0 Å². The maximum Gasteiger partial charge on any atom is 0.223 e. The smallest absolute Gasteiger partial charge is 0.223 e. The van der Waals surface area contributed by atoms with Gasteiger partial charge in [-0.15, -0.1) is 5.10 Å². The predicted molar refractivity (Wildman–Crippen MR) is 89.2 cm³/mol. The summed E-state index contributed by atoms with van der Waals surface area (Å²) >= 11 is 8.19. The second-order valence-corrected chi connectivity index (χ2v) is 6.25. The first kappa shape index (κ1) is 15.2. The lowest BCUT2D eigenvalue weighted by Gasteiger charge is -2.11. The molecule has 3 aromatic rings.